The van der Waals surface area contributed by atoms with Gasteiger partial charge in [0.25, 0.3) is 0 Å². The third kappa shape index (κ3) is 2.16. The molecule has 0 spiro atoms. The molecule has 2 heteroatoms. The largest absolute Gasteiger partial charge is 0.384 e. The molecule has 1 heterocycles. The van der Waals surface area contributed by atoms with E-state index in [4.69, 9.17) is 11.6 Å². The van der Waals surface area contributed by atoms with E-state index in [1.807, 2.05) is 12.1 Å². The van der Waals surface area contributed by atoms with Gasteiger partial charge in [0.2, 0.25) is 0 Å². The van der Waals surface area contributed by atoms with E-state index < -0.39 is 0 Å². The van der Waals surface area contributed by atoms with Crippen LogP contribution in [-0.4, -0.2) is 6.54 Å². The standard InChI is InChI=1S/C15H14ClN/c16-13-7-5-11(6-8-13)9-12-10-17-15-4-2-1-3-14(12)15/h1-8,12,17H,9-10H2. The molecule has 1 atom stereocenters. The lowest BCUT2D eigenvalue weighted by Gasteiger charge is -2.10. The van der Waals surface area contributed by atoms with Gasteiger partial charge in [-0.3, -0.25) is 0 Å². The van der Waals surface area contributed by atoms with Crippen LogP contribution in [0.3, 0.4) is 0 Å². The maximum atomic E-state index is 5.90. The number of anilines is 1. The van der Waals surface area contributed by atoms with E-state index >= 15 is 0 Å². The molecular formula is C15H14ClN. The zero-order valence-corrected chi connectivity index (χ0v) is 10.2. The van der Waals surface area contributed by atoms with E-state index in [9.17, 15) is 0 Å². The quantitative estimate of drug-likeness (QED) is 0.838. The molecule has 86 valence electrons. The molecule has 0 aliphatic carbocycles. The maximum absolute atomic E-state index is 5.90. The summed E-state index contributed by atoms with van der Waals surface area (Å²) in [4.78, 5) is 0. The Kier molecular flexibility index (Phi) is 2.77. The number of nitrogens with one attached hydrogen (secondary N) is 1. The number of hydrogen-bond acceptors (Lipinski definition) is 1. The Balaban J connectivity index is 1.81. The molecule has 0 amide bonds. The van der Waals surface area contributed by atoms with Crippen molar-refractivity contribution < 1.29 is 0 Å². The Bertz CT molecular complexity index is 519. The van der Waals surface area contributed by atoms with Crippen molar-refractivity contribution in [2.24, 2.45) is 0 Å². The zero-order chi connectivity index (χ0) is 11.7. The predicted octanol–water partition coefficient (Wildman–Crippen LogP) is 4.09. The van der Waals surface area contributed by atoms with E-state index in [1.165, 1.54) is 16.8 Å². The first-order chi connectivity index (χ1) is 8.33. The molecule has 1 aliphatic rings. The van der Waals surface area contributed by atoms with Gasteiger partial charge in [-0.1, -0.05) is 41.9 Å². The number of halogens is 1. The Labute approximate surface area is 106 Å². The fraction of sp³-hybridized carbons (Fsp3) is 0.200. The van der Waals surface area contributed by atoms with Gasteiger partial charge in [0.1, 0.15) is 0 Å². The van der Waals surface area contributed by atoms with E-state index in [-0.39, 0.29) is 0 Å². The van der Waals surface area contributed by atoms with Crippen LogP contribution in [0, 0.1) is 0 Å². The molecule has 3 rings (SSSR count). The highest BCUT2D eigenvalue weighted by Gasteiger charge is 2.21. The number of hydrogen-bond donors (Lipinski definition) is 1. The summed E-state index contributed by atoms with van der Waals surface area (Å²) in [6.45, 7) is 1.03. The highest BCUT2D eigenvalue weighted by molar-refractivity contribution is 6.30. The van der Waals surface area contributed by atoms with Crippen LogP contribution >= 0.6 is 11.6 Å². The minimum Gasteiger partial charge on any atom is -0.384 e. The molecule has 2 aromatic rings. The van der Waals surface area contributed by atoms with Crippen LogP contribution < -0.4 is 5.32 Å². The van der Waals surface area contributed by atoms with Crippen molar-refractivity contribution >= 4 is 17.3 Å². The number of fused-ring (bicyclic) bond motifs is 1. The monoisotopic (exact) mass is 243 g/mol. The van der Waals surface area contributed by atoms with Gasteiger partial charge in [-0.25, -0.2) is 0 Å². The first-order valence-corrected chi connectivity index (χ1v) is 6.28. The maximum Gasteiger partial charge on any atom is 0.0406 e. The summed E-state index contributed by atoms with van der Waals surface area (Å²) in [7, 11) is 0. The average Bonchev–Trinajstić information content (AvgIpc) is 2.76. The summed E-state index contributed by atoms with van der Waals surface area (Å²) in [5.41, 5.74) is 4.06. The lowest BCUT2D eigenvalue weighted by molar-refractivity contribution is 0.752. The topological polar surface area (TPSA) is 12.0 Å². The molecule has 0 radical (unpaired) electrons. The molecule has 0 fully saturated rings. The molecule has 1 aliphatic heterocycles. The van der Waals surface area contributed by atoms with Crippen LogP contribution in [0.1, 0.15) is 17.0 Å². The summed E-state index contributed by atoms with van der Waals surface area (Å²) < 4.78 is 0. The predicted molar refractivity (Wildman–Crippen MR) is 72.8 cm³/mol. The van der Waals surface area contributed by atoms with E-state index in [0.29, 0.717) is 5.92 Å². The molecule has 1 unspecified atom stereocenters. The molecule has 0 saturated carbocycles. The zero-order valence-electron chi connectivity index (χ0n) is 9.49. The summed E-state index contributed by atoms with van der Waals surface area (Å²) in [6.07, 6.45) is 1.07. The van der Waals surface area contributed by atoms with E-state index in [0.717, 1.165) is 18.0 Å². The second kappa shape index (κ2) is 4.42. The van der Waals surface area contributed by atoms with Crippen LogP contribution in [0.25, 0.3) is 0 Å². The van der Waals surface area contributed by atoms with Gasteiger partial charge in [-0.15, -0.1) is 0 Å². The summed E-state index contributed by atoms with van der Waals surface area (Å²) in [5.74, 6) is 0.576. The van der Waals surface area contributed by atoms with Crippen LogP contribution in [0.2, 0.25) is 5.02 Å². The molecule has 0 bridgehead atoms. The molecular weight excluding hydrogens is 230 g/mol. The second-order valence-electron chi connectivity index (χ2n) is 4.50. The van der Waals surface area contributed by atoms with Gasteiger partial charge < -0.3 is 5.32 Å². The van der Waals surface area contributed by atoms with Crippen molar-refractivity contribution in [1.82, 2.24) is 0 Å². The molecule has 2 aromatic carbocycles. The smallest absolute Gasteiger partial charge is 0.0406 e. The average molecular weight is 244 g/mol. The van der Waals surface area contributed by atoms with Crippen molar-refractivity contribution in [2.75, 3.05) is 11.9 Å². The van der Waals surface area contributed by atoms with E-state index in [1.54, 1.807) is 0 Å². The minimum atomic E-state index is 0.576. The summed E-state index contributed by atoms with van der Waals surface area (Å²) >= 11 is 5.90. The Morgan fingerprint density at radius 3 is 2.65 bits per heavy atom. The van der Waals surface area contributed by atoms with Crippen molar-refractivity contribution in [3.8, 4) is 0 Å². The van der Waals surface area contributed by atoms with Crippen molar-refractivity contribution in [3.63, 3.8) is 0 Å². The Morgan fingerprint density at radius 1 is 1.06 bits per heavy atom. The Hall–Kier alpha value is -1.47. The minimum absolute atomic E-state index is 0.576. The second-order valence-corrected chi connectivity index (χ2v) is 4.93. The van der Waals surface area contributed by atoms with Gasteiger partial charge in [0.15, 0.2) is 0 Å². The first kappa shape index (κ1) is 10.7. The SMILES string of the molecule is Clc1ccc(CC2CNc3ccccc32)cc1. The lowest BCUT2D eigenvalue weighted by atomic mass is 9.94. The van der Waals surface area contributed by atoms with Gasteiger partial charge in [-0.2, -0.15) is 0 Å². The Morgan fingerprint density at radius 2 is 1.82 bits per heavy atom. The van der Waals surface area contributed by atoms with Gasteiger partial charge in [0.05, 0.1) is 0 Å². The third-order valence-corrected chi connectivity index (χ3v) is 3.59. The number of para-hydroxylation sites is 1. The first-order valence-electron chi connectivity index (χ1n) is 5.90. The third-order valence-electron chi connectivity index (χ3n) is 3.33. The van der Waals surface area contributed by atoms with Gasteiger partial charge >= 0.3 is 0 Å². The highest BCUT2D eigenvalue weighted by Crippen LogP contribution is 2.33. The van der Waals surface area contributed by atoms with Crippen LogP contribution in [0.15, 0.2) is 48.5 Å². The number of rotatable bonds is 2. The fourth-order valence-corrected chi connectivity index (χ4v) is 2.57. The van der Waals surface area contributed by atoms with Gasteiger partial charge in [0, 0.05) is 23.2 Å². The normalized spacial score (nSPS) is 17.6. The summed E-state index contributed by atoms with van der Waals surface area (Å²) in [5, 5.41) is 4.26. The fourth-order valence-electron chi connectivity index (χ4n) is 2.44. The van der Waals surface area contributed by atoms with Crippen LogP contribution in [0.4, 0.5) is 5.69 Å². The number of benzene rings is 2. The van der Waals surface area contributed by atoms with Crippen molar-refractivity contribution in [3.05, 3.63) is 64.7 Å². The molecule has 1 N–H and O–H groups in total. The van der Waals surface area contributed by atoms with Crippen molar-refractivity contribution in [2.45, 2.75) is 12.3 Å². The van der Waals surface area contributed by atoms with Crippen molar-refractivity contribution in [1.29, 1.82) is 0 Å². The molecule has 1 nitrogen and oxygen atoms in total. The molecule has 0 saturated heterocycles. The highest BCUT2D eigenvalue weighted by atomic mass is 35.5. The van der Waals surface area contributed by atoms with Crippen LogP contribution in [0.5, 0.6) is 0 Å². The summed E-state index contributed by atoms with van der Waals surface area (Å²) in [6, 6.07) is 16.7. The van der Waals surface area contributed by atoms with Gasteiger partial charge in [-0.05, 0) is 35.7 Å². The molecule has 0 aromatic heterocycles. The van der Waals surface area contributed by atoms with Crippen LogP contribution in [-0.2, 0) is 6.42 Å². The molecule has 17 heavy (non-hydrogen) atoms. The van der Waals surface area contributed by atoms with E-state index in [2.05, 4.69) is 41.7 Å². The lowest BCUT2D eigenvalue weighted by Crippen LogP contribution is -2.05.